The summed E-state index contributed by atoms with van der Waals surface area (Å²) >= 11 is 0. The number of hydrogen-bond acceptors (Lipinski definition) is 11. The molecule has 2 fully saturated rings. The van der Waals surface area contributed by atoms with Gasteiger partial charge in [-0.15, -0.1) is 0 Å². The highest BCUT2D eigenvalue weighted by molar-refractivity contribution is 6.01. The number of nitrogens with zero attached hydrogens (tertiary/aromatic N) is 4. The van der Waals surface area contributed by atoms with Crippen LogP contribution in [0.15, 0.2) is 34.5 Å². The predicted molar refractivity (Wildman–Crippen MR) is 120 cm³/mol. The van der Waals surface area contributed by atoms with Crippen LogP contribution in [-0.4, -0.2) is 63.9 Å². The van der Waals surface area contributed by atoms with E-state index < -0.39 is 23.8 Å². The van der Waals surface area contributed by atoms with E-state index in [0.29, 0.717) is 18.5 Å². The van der Waals surface area contributed by atoms with Crippen molar-refractivity contribution < 1.29 is 29.2 Å². The second-order valence-electron chi connectivity index (χ2n) is 9.44. The first kappa shape index (κ1) is 26.3. The number of ether oxygens (including phenoxy) is 3. The molecule has 0 unspecified atom stereocenters. The Morgan fingerprint density at radius 3 is 2.67 bits per heavy atom. The molecule has 4 N–H and O–H groups in total. The maximum atomic E-state index is 11.9. The number of carbonyl (C=O) groups excluding carboxylic acids is 1. The third-order valence-electron chi connectivity index (χ3n) is 5.04. The van der Waals surface area contributed by atoms with Gasteiger partial charge < -0.3 is 30.2 Å². The van der Waals surface area contributed by atoms with Crippen LogP contribution in [0, 0.1) is 16.7 Å². The van der Waals surface area contributed by atoms with E-state index in [1.54, 1.807) is 17.2 Å². The number of rotatable bonds is 5. The summed E-state index contributed by atoms with van der Waals surface area (Å²) in [6, 6.07) is 2.12. The van der Waals surface area contributed by atoms with Crippen molar-refractivity contribution in [2.24, 2.45) is 21.2 Å². The van der Waals surface area contributed by atoms with Crippen LogP contribution in [0.3, 0.4) is 0 Å². The van der Waals surface area contributed by atoms with E-state index in [2.05, 4.69) is 36.6 Å². The molecule has 1 aliphatic carbocycles. The topological polar surface area (TPSA) is 163 Å². The number of amidine groups is 1. The molecule has 182 valence electrons. The first-order chi connectivity index (χ1) is 15.3. The van der Waals surface area contributed by atoms with Gasteiger partial charge in [0.25, 0.3) is 0 Å². The lowest BCUT2D eigenvalue weighted by molar-refractivity contribution is -0.127. The van der Waals surface area contributed by atoms with Crippen molar-refractivity contribution in [1.82, 2.24) is 5.01 Å². The van der Waals surface area contributed by atoms with Gasteiger partial charge in [-0.25, -0.2) is 14.8 Å². The van der Waals surface area contributed by atoms with Gasteiger partial charge in [-0.05, 0) is 51.0 Å². The largest absolute Gasteiger partial charge is 0.508 e. The molecule has 2 atom stereocenters. The van der Waals surface area contributed by atoms with E-state index >= 15 is 0 Å². The SMILES string of the molecule is C=C/C=C1/C(N)=NC=NN1[C@H]1CC[C@@](C#N)(COC(=O)OC2CC(C)(C)C2)O1.CC(C)(O)O. The molecule has 3 aliphatic rings. The number of hydrazone groups is 1. The van der Waals surface area contributed by atoms with E-state index in [9.17, 15) is 10.1 Å². The van der Waals surface area contributed by atoms with Gasteiger partial charge in [-0.3, -0.25) is 0 Å². The molecule has 0 aromatic rings. The summed E-state index contributed by atoms with van der Waals surface area (Å²) in [7, 11) is 0. The maximum Gasteiger partial charge on any atom is 0.508 e. The number of allylic oxidation sites excluding steroid dienone is 2. The average Bonchev–Trinajstić information content (AvgIpc) is 3.10. The fourth-order valence-electron chi connectivity index (χ4n) is 3.62. The summed E-state index contributed by atoms with van der Waals surface area (Å²) in [5.41, 5.74) is 5.36. The maximum absolute atomic E-state index is 11.9. The van der Waals surface area contributed by atoms with Crippen molar-refractivity contribution in [3.8, 4) is 6.07 Å². The molecule has 2 heterocycles. The molecule has 0 bridgehead atoms. The van der Waals surface area contributed by atoms with Crippen molar-refractivity contribution in [3.63, 3.8) is 0 Å². The normalized spacial score (nSPS) is 27.5. The fraction of sp³-hybridized carbons (Fsp3) is 0.636. The fourth-order valence-corrected chi connectivity index (χ4v) is 3.62. The van der Waals surface area contributed by atoms with Crippen molar-refractivity contribution in [2.45, 2.75) is 77.1 Å². The molecular formula is C22H33N5O6. The molecule has 0 aromatic carbocycles. The summed E-state index contributed by atoms with van der Waals surface area (Å²) in [4.78, 5) is 15.9. The highest BCUT2D eigenvalue weighted by atomic mass is 16.7. The molecule has 0 spiro atoms. The van der Waals surface area contributed by atoms with Crippen molar-refractivity contribution in [2.75, 3.05) is 6.61 Å². The Morgan fingerprint density at radius 1 is 1.48 bits per heavy atom. The smallest absolute Gasteiger partial charge is 0.431 e. The molecule has 1 saturated carbocycles. The Kier molecular flexibility index (Phi) is 8.24. The van der Waals surface area contributed by atoms with Crippen LogP contribution < -0.4 is 5.73 Å². The van der Waals surface area contributed by atoms with Gasteiger partial charge in [-0.1, -0.05) is 26.5 Å². The molecule has 2 aliphatic heterocycles. The van der Waals surface area contributed by atoms with Crippen LogP contribution >= 0.6 is 0 Å². The Morgan fingerprint density at radius 2 is 2.12 bits per heavy atom. The van der Waals surface area contributed by atoms with Crippen molar-refractivity contribution >= 4 is 18.3 Å². The van der Waals surface area contributed by atoms with E-state index in [1.165, 1.54) is 20.2 Å². The summed E-state index contributed by atoms with van der Waals surface area (Å²) in [5, 5.41) is 31.5. The molecule has 11 nitrogen and oxygen atoms in total. The van der Waals surface area contributed by atoms with Gasteiger partial charge >= 0.3 is 6.16 Å². The predicted octanol–water partition coefficient (Wildman–Crippen LogP) is 2.12. The van der Waals surface area contributed by atoms with Gasteiger partial charge in [0.2, 0.25) is 0 Å². The monoisotopic (exact) mass is 463 g/mol. The van der Waals surface area contributed by atoms with Crippen LogP contribution in [0.4, 0.5) is 4.79 Å². The van der Waals surface area contributed by atoms with Gasteiger partial charge in [0.1, 0.15) is 30.8 Å². The minimum atomic E-state index is -1.50. The standard InChI is InChI=1S/C19H25N5O4.C3H8O2/c1-4-5-14-16(21)22-12-23-24(14)15-6-7-19(10-20,28-15)11-26-17(25)27-13-8-18(2,3)9-13;1-3(2,4)5/h4-5,12-13,15H,1,6-9,11H2,2-3H3,(H2,21,22,23);4-5H,1-2H3/b14-5-;/t15-,19-;/m1./s1. The summed E-state index contributed by atoms with van der Waals surface area (Å²) in [5.74, 6) is -1.23. The molecule has 0 amide bonds. The first-order valence-electron chi connectivity index (χ1n) is 10.6. The molecule has 11 heteroatoms. The zero-order chi connectivity index (χ0) is 24.9. The number of aliphatic hydroxyl groups is 2. The second kappa shape index (κ2) is 10.3. The molecule has 3 rings (SSSR count). The minimum Gasteiger partial charge on any atom is -0.431 e. The number of aliphatic imine (C=N–C) groups is 1. The van der Waals surface area contributed by atoms with Crippen LogP contribution in [0.25, 0.3) is 0 Å². The lowest BCUT2D eigenvalue weighted by atomic mass is 9.70. The summed E-state index contributed by atoms with van der Waals surface area (Å²) in [6.45, 7) is 10.3. The van der Waals surface area contributed by atoms with E-state index in [0.717, 1.165) is 12.8 Å². The second-order valence-corrected chi connectivity index (χ2v) is 9.44. The van der Waals surface area contributed by atoms with E-state index in [-0.39, 0.29) is 24.0 Å². The van der Waals surface area contributed by atoms with Crippen LogP contribution in [0.2, 0.25) is 0 Å². The number of nitriles is 1. The van der Waals surface area contributed by atoms with Gasteiger partial charge in [0.15, 0.2) is 23.5 Å². The number of hydrogen-bond donors (Lipinski definition) is 3. The third kappa shape index (κ3) is 7.85. The zero-order valence-electron chi connectivity index (χ0n) is 19.5. The van der Waals surface area contributed by atoms with E-state index in [1.807, 2.05) is 0 Å². The van der Waals surface area contributed by atoms with Crippen LogP contribution in [0.1, 0.15) is 53.4 Å². The minimum absolute atomic E-state index is 0.130. The summed E-state index contributed by atoms with van der Waals surface area (Å²) < 4.78 is 16.4. The lowest BCUT2D eigenvalue weighted by Gasteiger charge is -2.41. The van der Waals surface area contributed by atoms with Gasteiger partial charge in [-0.2, -0.15) is 10.4 Å². The molecular weight excluding hydrogens is 430 g/mol. The molecule has 0 aromatic heterocycles. The van der Waals surface area contributed by atoms with E-state index in [4.69, 9.17) is 30.2 Å². The molecule has 1 saturated heterocycles. The number of nitrogens with two attached hydrogens (primary N) is 1. The zero-order valence-corrected chi connectivity index (χ0v) is 19.5. The number of carbonyl (C=O) groups is 1. The quantitative estimate of drug-likeness (QED) is 0.409. The Bertz CT molecular complexity index is 855. The highest BCUT2D eigenvalue weighted by Crippen LogP contribution is 2.42. The highest BCUT2D eigenvalue weighted by Gasteiger charge is 2.46. The lowest BCUT2D eigenvalue weighted by Crippen LogP contribution is -2.42. The first-order valence-corrected chi connectivity index (χ1v) is 10.6. The Balaban J connectivity index is 0.000000696. The Hall–Kier alpha value is -2.94. The van der Waals surface area contributed by atoms with Gasteiger partial charge in [0.05, 0.1) is 0 Å². The molecule has 33 heavy (non-hydrogen) atoms. The third-order valence-corrected chi connectivity index (χ3v) is 5.04. The van der Waals surface area contributed by atoms with Crippen molar-refractivity contribution in [3.05, 3.63) is 24.4 Å². The average molecular weight is 464 g/mol. The van der Waals surface area contributed by atoms with Crippen LogP contribution in [0.5, 0.6) is 0 Å². The van der Waals surface area contributed by atoms with Crippen LogP contribution in [-0.2, 0) is 14.2 Å². The molecule has 0 radical (unpaired) electrons. The Labute approximate surface area is 193 Å². The van der Waals surface area contributed by atoms with Crippen molar-refractivity contribution in [1.29, 1.82) is 5.26 Å². The summed E-state index contributed by atoms with van der Waals surface area (Å²) in [6.07, 6.45) is 5.60. The van der Waals surface area contributed by atoms with Gasteiger partial charge in [0, 0.05) is 0 Å².